The molecule has 1 N–H and O–H groups in total. The van der Waals surface area contributed by atoms with Crippen molar-refractivity contribution in [2.24, 2.45) is 5.10 Å². The molecule has 4 rings (SSSR count). The number of methoxy groups -OCH3 is 2. The Hall–Kier alpha value is -5.23. The third-order valence-corrected chi connectivity index (χ3v) is 7.79. The minimum atomic E-state index is -4.13. The molecular weight excluding hydrogens is 548 g/mol. The van der Waals surface area contributed by atoms with Crippen molar-refractivity contribution in [1.82, 2.24) is 5.43 Å². The number of ether oxygens (including phenoxy) is 2. The normalized spacial score (nSPS) is 11.2. The fourth-order valence-electron chi connectivity index (χ4n) is 3.96. The number of carbonyl (C=O) groups excluding carboxylic acids is 1. The van der Waals surface area contributed by atoms with Gasteiger partial charge in [0.2, 0.25) is 0 Å². The van der Waals surface area contributed by atoms with E-state index in [1.54, 1.807) is 54.6 Å². The number of nitro groups is 1. The van der Waals surface area contributed by atoms with E-state index in [0.29, 0.717) is 16.9 Å². The van der Waals surface area contributed by atoms with Crippen LogP contribution >= 0.6 is 0 Å². The average molecular weight is 575 g/mol. The highest BCUT2D eigenvalue weighted by molar-refractivity contribution is 7.92. The van der Waals surface area contributed by atoms with Crippen molar-refractivity contribution >= 4 is 33.5 Å². The SMILES string of the molecule is COc1ccc(S(=O)(=O)N(Cc2ccccc2)c2ccccc2C(=O)N/N=C\c2ccc(OC)c([N+](=O)[O-])c2)cc1. The van der Waals surface area contributed by atoms with Gasteiger partial charge in [0.1, 0.15) is 5.75 Å². The Morgan fingerprint density at radius 3 is 2.29 bits per heavy atom. The summed E-state index contributed by atoms with van der Waals surface area (Å²) in [6.07, 6.45) is 1.24. The molecule has 0 saturated carbocycles. The number of hydrogen-bond donors (Lipinski definition) is 1. The Labute approximate surface area is 236 Å². The van der Waals surface area contributed by atoms with Crippen molar-refractivity contribution < 1.29 is 27.6 Å². The molecule has 0 aromatic heterocycles. The number of para-hydroxylation sites is 1. The summed E-state index contributed by atoms with van der Waals surface area (Å²) < 4.78 is 39.1. The third kappa shape index (κ3) is 6.68. The molecule has 0 spiro atoms. The quantitative estimate of drug-likeness (QED) is 0.155. The van der Waals surface area contributed by atoms with Crippen LogP contribution < -0.4 is 19.2 Å². The van der Waals surface area contributed by atoms with Crippen molar-refractivity contribution in [2.75, 3.05) is 18.5 Å². The second-order valence-corrected chi connectivity index (χ2v) is 10.4. The maximum atomic E-state index is 13.9. The Bertz CT molecular complexity index is 1680. The van der Waals surface area contributed by atoms with Crippen LogP contribution in [0.5, 0.6) is 11.5 Å². The Morgan fingerprint density at radius 2 is 1.63 bits per heavy atom. The number of amides is 1. The van der Waals surface area contributed by atoms with Crippen LogP contribution in [0.15, 0.2) is 107 Å². The number of nitro benzene ring substituents is 1. The van der Waals surface area contributed by atoms with Crippen LogP contribution in [0.2, 0.25) is 0 Å². The van der Waals surface area contributed by atoms with Gasteiger partial charge >= 0.3 is 5.69 Å². The molecule has 0 bridgehead atoms. The first-order chi connectivity index (χ1) is 19.7. The van der Waals surface area contributed by atoms with Crippen molar-refractivity contribution in [1.29, 1.82) is 0 Å². The highest BCUT2D eigenvalue weighted by Crippen LogP contribution is 2.30. The molecule has 210 valence electrons. The molecule has 0 fully saturated rings. The zero-order valence-electron chi connectivity index (χ0n) is 22.1. The average Bonchev–Trinajstić information content (AvgIpc) is 3.00. The number of carbonyl (C=O) groups is 1. The van der Waals surface area contributed by atoms with Gasteiger partial charge in [-0.15, -0.1) is 0 Å². The zero-order valence-corrected chi connectivity index (χ0v) is 22.9. The maximum Gasteiger partial charge on any atom is 0.311 e. The fourth-order valence-corrected chi connectivity index (χ4v) is 5.43. The summed E-state index contributed by atoms with van der Waals surface area (Å²) in [6.45, 7) is -0.0434. The predicted molar refractivity (Wildman–Crippen MR) is 154 cm³/mol. The van der Waals surface area contributed by atoms with E-state index in [2.05, 4.69) is 10.5 Å². The summed E-state index contributed by atoms with van der Waals surface area (Å²) in [5.41, 5.74) is 3.37. The highest BCUT2D eigenvalue weighted by Gasteiger charge is 2.28. The second kappa shape index (κ2) is 12.7. The van der Waals surface area contributed by atoms with E-state index in [1.165, 1.54) is 56.8 Å². The van der Waals surface area contributed by atoms with E-state index >= 15 is 0 Å². The van der Waals surface area contributed by atoms with Crippen molar-refractivity contribution in [3.05, 3.63) is 124 Å². The minimum Gasteiger partial charge on any atom is -0.497 e. The molecule has 41 heavy (non-hydrogen) atoms. The van der Waals surface area contributed by atoms with Crippen LogP contribution in [0, 0.1) is 10.1 Å². The first kappa shape index (κ1) is 28.8. The molecule has 1 amide bonds. The molecule has 0 radical (unpaired) electrons. The number of hydrazone groups is 1. The summed E-state index contributed by atoms with van der Waals surface area (Å²) in [5.74, 6) is -0.0945. The van der Waals surface area contributed by atoms with Gasteiger partial charge in [0.15, 0.2) is 5.75 Å². The molecule has 4 aromatic carbocycles. The number of benzene rings is 4. The molecule has 4 aromatic rings. The predicted octanol–water partition coefficient (Wildman–Crippen LogP) is 4.77. The minimum absolute atomic E-state index is 0.0172. The lowest BCUT2D eigenvalue weighted by Gasteiger charge is -2.26. The van der Waals surface area contributed by atoms with Crippen molar-refractivity contribution in [2.45, 2.75) is 11.4 Å². The van der Waals surface area contributed by atoms with E-state index in [-0.39, 0.29) is 34.1 Å². The summed E-state index contributed by atoms with van der Waals surface area (Å²) in [6, 6.07) is 25.4. The lowest BCUT2D eigenvalue weighted by molar-refractivity contribution is -0.385. The number of nitrogens with one attached hydrogen (secondary N) is 1. The first-order valence-electron chi connectivity index (χ1n) is 12.2. The van der Waals surface area contributed by atoms with Crippen LogP contribution in [0.3, 0.4) is 0 Å². The molecule has 0 aliphatic heterocycles. The van der Waals surface area contributed by atoms with E-state index in [0.717, 1.165) is 4.31 Å². The molecule has 0 atom stereocenters. The van der Waals surface area contributed by atoms with E-state index in [4.69, 9.17) is 9.47 Å². The van der Waals surface area contributed by atoms with Crippen molar-refractivity contribution in [3.8, 4) is 11.5 Å². The molecule has 12 heteroatoms. The lowest BCUT2D eigenvalue weighted by atomic mass is 10.1. The first-order valence-corrected chi connectivity index (χ1v) is 13.6. The Morgan fingerprint density at radius 1 is 0.951 bits per heavy atom. The van der Waals surface area contributed by atoms with Gasteiger partial charge in [0, 0.05) is 11.6 Å². The molecule has 0 aliphatic carbocycles. The van der Waals surface area contributed by atoms with Crippen LogP contribution in [0.1, 0.15) is 21.5 Å². The fraction of sp³-hybridized carbons (Fsp3) is 0.103. The van der Waals surface area contributed by atoms with E-state index in [1.807, 2.05) is 6.07 Å². The van der Waals surface area contributed by atoms with Gasteiger partial charge in [0.25, 0.3) is 15.9 Å². The van der Waals surface area contributed by atoms with Crippen LogP contribution in [0.25, 0.3) is 0 Å². The molecule has 0 heterocycles. The summed E-state index contributed by atoms with van der Waals surface area (Å²) in [4.78, 5) is 24.0. The Balaban J connectivity index is 1.67. The summed E-state index contributed by atoms with van der Waals surface area (Å²) in [7, 11) is -1.33. The van der Waals surface area contributed by atoms with Gasteiger partial charge in [-0.05, 0) is 54.1 Å². The van der Waals surface area contributed by atoms with E-state index < -0.39 is 20.9 Å². The molecular formula is C29H26N4O7S. The molecule has 0 aliphatic rings. The Kier molecular flexibility index (Phi) is 8.95. The van der Waals surface area contributed by atoms with Gasteiger partial charge in [0.05, 0.1) is 48.0 Å². The van der Waals surface area contributed by atoms with Crippen LogP contribution in [-0.2, 0) is 16.6 Å². The standard InChI is InChI=1S/C29H26N4O7S/c1-39-23-13-15-24(16-14-23)41(37,38)32(20-21-8-4-3-5-9-21)26-11-7-6-10-25(26)29(34)31-30-19-22-12-17-28(40-2)27(18-22)33(35)36/h3-19H,20H2,1-2H3,(H,31,34)/b30-19-. The molecule has 0 unspecified atom stereocenters. The van der Waals surface area contributed by atoms with Gasteiger partial charge in [-0.2, -0.15) is 5.10 Å². The van der Waals surface area contributed by atoms with Gasteiger partial charge in [-0.25, -0.2) is 13.8 Å². The summed E-state index contributed by atoms with van der Waals surface area (Å²) >= 11 is 0. The second-order valence-electron chi connectivity index (χ2n) is 8.58. The topological polar surface area (TPSA) is 140 Å². The monoisotopic (exact) mass is 574 g/mol. The maximum absolute atomic E-state index is 13.9. The van der Waals surface area contributed by atoms with Gasteiger partial charge < -0.3 is 9.47 Å². The smallest absolute Gasteiger partial charge is 0.311 e. The molecule has 11 nitrogen and oxygen atoms in total. The largest absolute Gasteiger partial charge is 0.497 e. The number of anilines is 1. The van der Waals surface area contributed by atoms with Crippen LogP contribution in [0.4, 0.5) is 11.4 Å². The van der Waals surface area contributed by atoms with Crippen LogP contribution in [-0.4, -0.2) is 39.7 Å². The highest BCUT2D eigenvalue weighted by atomic mass is 32.2. The third-order valence-electron chi connectivity index (χ3n) is 6.01. The lowest BCUT2D eigenvalue weighted by Crippen LogP contribution is -2.33. The van der Waals surface area contributed by atoms with Crippen molar-refractivity contribution in [3.63, 3.8) is 0 Å². The zero-order chi connectivity index (χ0) is 29.4. The van der Waals surface area contributed by atoms with Gasteiger partial charge in [-0.1, -0.05) is 42.5 Å². The number of hydrogen-bond acceptors (Lipinski definition) is 8. The van der Waals surface area contributed by atoms with E-state index in [9.17, 15) is 23.3 Å². The number of rotatable bonds is 11. The summed E-state index contributed by atoms with van der Waals surface area (Å²) in [5, 5.41) is 15.2. The number of sulfonamides is 1. The number of nitrogens with zero attached hydrogens (tertiary/aromatic N) is 3. The van der Waals surface area contributed by atoms with Gasteiger partial charge in [-0.3, -0.25) is 19.2 Å². The molecule has 0 saturated heterocycles.